The molecule has 0 bridgehead atoms. The van der Waals surface area contributed by atoms with Crippen molar-refractivity contribution in [1.29, 1.82) is 0 Å². The first-order valence-electron chi connectivity index (χ1n) is 8.69. The van der Waals surface area contributed by atoms with Crippen LogP contribution >= 0.6 is 11.8 Å². The van der Waals surface area contributed by atoms with Crippen LogP contribution in [0.1, 0.15) is 5.56 Å². The van der Waals surface area contributed by atoms with Crippen LogP contribution in [-0.4, -0.2) is 28.3 Å². The Morgan fingerprint density at radius 3 is 2.41 bits per heavy atom. The average Bonchev–Trinajstić information content (AvgIpc) is 2.71. The topological polar surface area (TPSA) is 64.0 Å². The third kappa shape index (κ3) is 5.08. The van der Waals surface area contributed by atoms with Gasteiger partial charge in [0.05, 0.1) is 5.69 Å². The van der Waals surface area contributed by atoms with Gasteiger partial charge >= 0.3 is 0 Å². The van der Waals surface area contributed by atoms with E-state index >= 15 is 0 Å². The van der Waals surface area contributed by atoms with Crippen molar-refractivity contribution in [1.82, 2.24) is 14.9 Å². The number of carbonyl (C=O) groups excluding carboxylic acids is 1. The minimum absolute atomic E-state index is 0.0358. The monoisotopic (exact) mass is 379 g/mol. The molecule has 0 unspecified atom stereocenters. The molecular formula is C21H21N3O2S. The van der Waals surface area contributed by atoms with E-state index in [1.807, 2.05) is 66.9 Å². The molecule has 2 aromatic carbocycles. The average molecular weight is 379 g/mol. The van der Waals surface area contributed by atoms with Crippen molar-refractivity contribution >= 4 is 17.7 Å². The zero-order valence-corrected chi connectivity index (χ0v) is 15.9. The molecule has 0 aliphatic heterocycles. The van der Waals surface area contributed by atoms with Crippen molar-refractivity contribution in [2.45, 2.75) is 18.1 Å². The lowest BCUT2D eigenvalue weighted by molar-refractivity contribution is -0.121. The third-order valence-corrected chi connectivity index (χ3v) is 4.78. The molecule has 0 fully saturated rings. The number of amides is 1. The molecule has 3 rings (SSSR count). The Kier molecular flexibility index (Phi) is 6.44. The van der Waals surface area contributed by atoms with Crippen molar-refractivity contribution in [3.05, 3.63) is 82.6 Å². The highest BCUT2D eigenvalue weighted by Gasteiger charge is 2.12. The van der Waals surface area contributed by atoms with Gasteiger partial charge in [0.2, 0.25) is 5.91 Å². The van der Waals surface area contributed by atoms with Gasteiger partial charge in [-0.1, -0.05) is 72.4 Å². The van der Waals surface area contributed by atoms with Gasteiger partial charge in [-0.25, -0.2) is 4.98 Å². The number of aromatic nitrogens is 2. The van der Waals surface area contributed by atoms with Crippen LogP contribution in [0.4, 0.5) is 0 Å². The molecule has 6 heteroatoms. The van der Waals surface area contributed by atoms with Gasteiger partial charge in [0.25, 0.3) is 5.56 Å². The normalized spacial score (nSPS) is 10.6. The smallest absolute Gasteiger partial charge is 0.255 e. The molecule has 1 aromatic heterocycles. The Bertz CT molecular complexity index is 956. The number of nitrogens with zero attached hydrogens (tertiary/aromatic N) is 2. The summed E-state index contributed by atoms with van der Waals surface area (Å²) in [6.07, 6.45) is 2.60. The van der Waals surface area contributed by atoms with Gasteiger partial charge in [0.1, 0.15) is 6.54 Å². The van der Waals surface area contributed by atoms with Gasteiger partial charge in [-0.2, -0.15) is 0 Å². The second-order valence-electron chi connectivity index (χ2n) is 6.00. The molecule has 1 N–H and O–H groups in total. The maximum Gasteiger partial charge on any atom is 0.255 e. The Balaban J connectivity index is 1.69. The molecule has 0 radical (unpaired) electrons. The summed E-state index contributed by atoms with van der Waals surface area (Å²) in [4.78, 5) is 29.4. The number of benzene rings is 2. The van der Waals surface area contributed by atoms with E-state index in [1.54, 1.807) is 0 Å². The van der Waals surface area contributed by atoms with Crippen molar-refractivity contribution < 1.29 is 4.79 Å². The van der Waals surface area contributed by atoms with E-state index in [9.17, 15) is 9.59 Å². The Hall–Kier alpha value is -2.86. The van der Waals surface area contributed by atoms with E-state index in [0.29, 0.717) is 17.4 Å². The molecule has 138 valence electrons. The van der Waals surface area contributed by atoms with Crippen molar-refractivity contribution in [3.63, 3.8) is 0 Å². The fourth-order valence-electron chi connectivity index (χ4n) is 2.73. The highest BCUT2D eigenvalue weighted by atomic mass is 32.2. The maximum atomic E-state index is 12.6. The molecule has 0 aliphatic rings. The first kappa shape index (κ1) is 18.9. The summed E-state index contributed by atoms with van der Waals surface area (Å²) in [5.41, 5.74) is 2.43. The SMILES string of the molecule is CSc1nc(-c2ccccc2)cc(=O)n1CC(=O)NCCc1ccccc1. The highest BCUT2D eigenvalue weighted by Crippen LogP contribution is 2.18. The molecule has 0 spiro atoms. The van der Waals surface area contributed by atoms with Crippen LogP contribution in [0.25, 0.3) is 11.3 Å². The van der Waals surface area contributed by atoms with E-state index in [-0.39, 0.29) is 18.0 Å². The maximum absolute atomic E-state index is 12.6. The quantitative estimate of drug-likeness (QED) is 0.506. The first-order chi connectivity index (χ1) is 13.2. The van der Waals surface area contributed by atoms with Crippen LogP contribution in [-0.2, 0) is 17.8 Å². The van der Waals surface area contributed by atoms with Gasteiger partial charge in [-0.05, 0) is 18.2 Å². The van der Waals surface area contributed by atoms with Crippen LogP contribution in [0.3, 0.4) is 0 Å². The molecule has 27 heavy (non-hydrogen) atoms. The summed E-state index contributed by atoms with van der Waals surface area (Å²) in [7, 11) is 0. The number of carbonyl (C=O) groups is 1. The van der Waals surface area contributed by atoms with Crippen LogP contribution in [0.5, 0.6) is 0 Å². The van der Waals surface area contributed by atoms with E-state index in [1.165, 1.54) is 22.4 Å². The fraction of sp³-hybridized carbons (Fsp3) is 0.190. The summed E-state index contributed by atoms with van der Waals surface area (Å²) in [6, 6.07) is 21.0. The zero-order chi connectivity index (χ0) is 19.1. The van der Waals surface area contributed by atoms with Gasteiger partial charge < -0.3 is 5.32 Å². The zero-order valence-electron chi connectivity index (χ0n) is 15.1. The number of nitrogens with one attached hydrogen (secondary N) is 1. The van der Waals surface area contributed by atoms with Crippen molar-refractivity contribution in [3.8, 4) is 11.3 Å². The van der Waals surface area contributed by atoms with Gasteiger partial charge in [0.15, 0.2) is 5.16 Å². The van der Waals surface area contributed by atoms with Gasteiger partial charge in [-0.15, -0.1) is 0 Å². The molecule has 5 nitrogen and oxygen atoms in total. The summed E-state index contributed by atoms with van der Waals surface area (Å²) in [5, 5.41) is 3.40. The molecule has 0 aliphatic carbocycles. The molecule has 0 saturated heterocycles. The lowest BCUT2D eigenvalue weighted by atomic mass is 10.1. The minimum atomic E-state index is -0.230. The number of rotatable bonds is 7. The first-order valence-corrected chi connectivity index (χ1v) is 9.92. The second-order valence-corrected chi connectivity index (χ2v) is 6.78. The molecule has 0 saturated carbocycles. The van der Waals surface area contributed by atoms with Crippen LogP contribution < -0.4 is 10.9 Å². The molecule has 1 heterocycles. The molecule has 1 amide bonds. The van der Waals surface area contributed by atoms with Crippen LogP contribution in [0, 0.1) is 0 Å². The highest BCUT2D eigenvalue weighted by molar-refractivity contribution is 7.98. The lowest BCUT2D eigenvalue weighted by Gasteiger charge is -2.12. The predicted molar refractivity (Wildman–Crippen MR) is 109 cm³/mol. The van der Waals surface area contributed by atoms with E-state index < -0.39 is 0 Å². The minimum Gasteiger partial charge on any atom is -0.354 e. The molecule has 3 aromatic rings. The predicted octanol–water partition coefficient (Wildman–Crippen LogP) is 2.99. The van der Waals surface area contributed by atoms with E-state index in [0.717, 1.165) is 17.5 Å². The standard InChI is InChI=1S/C21H21N3O2S/c1-27-21-23-18(17-10-6-3-7-11-17)14-20(26)24(21)15-19(25)22-13-12-16-8-4-2-5-9-16/h2-11,14H,12-13,15H2,1H3,(H,22,25). The number of hydrogen-bond donors (Lipinski definition) is 1. The fourth-order valence-corrected chi connectivity index (χ4v) is 3.30. The van der Waals surface area contributed by atoms with Crippen molar-refractivity contribution in [2.75, 3.05) is 12.8 Å². The van der Waals surface area contributed by atoms with E-state index in [2.05, 4.69) is 10.3 Å². The summed E-state index contributed by atoms with van der Waals surface area (Å²) in [6.45, 7) is 0.494. The van der Waals surface area contributed by atoms with Gasteiger partial charge in [0, 0.05) is 18.2 Å². The van der Waals surface area contributed by atoms with Gasteiger partial charge in [-0.3, -0.25) is 14.2 Å². The Morgan fingerprint density at radius 2 is 1.74 bits per heavy atom. The molecular weight excluding hydrogens is 358 g/mol. The summed E-state index contributed by atoms with van der Waals surface area (Å²) < 4.78 is 1.41. The summed E-state index contributed by atoms with van der Waals surface area (Å²) in [5.74, 6) is -0.197. The lowest BCUT2D eigenvalue weighted by Crippen LogP contribution is -2.34. The Morgan fingerprint density at radius 1 is 1.07 bits per heavy atom. The number of hydrogen-bond acceptors (Lipinski definition) is 4. The van der Waals surface area contributed by atoms with Crippen LogP contribution in [0.15, 0.2) is 76.7 Å². The second kappa shape index (κ2) is 9.19. The van der Waals surface area contributed by atoms with E-state index in [4.69, 9.17) is 0 Å². The largest absolute Gasteiger partial charge is 0.354 e. The summed E-state index contributed by atoms with van der Waals surface area (Å²) >= 11 is 1.35. The van der Waals surface area contributed by atoms with Crippen molar-refractivity contribution in [2.24, 2.45) is 0 Å². The molecule has 0 atom stereocenters. The third-order valence-electron chi connectivity index (χ3n) is 4.11. The Labute approximate surface area is 162 Å². The van der Waals surface area contributed by atoms with Crippen LogP contribution in [0.2, 0.25) is 0 Å². The number of thioether (sulfide) groups is 1.